The van der Waals surface area contributed by atoms with Crippen LogP contribution in [0.25, 0.3) is 11.2 Å². The summed E-state index contributed by atoms with van der Waals surface area (Å²) >= 11 is 8.18. The molecular formula is C21H25FN8O9P2S2. The number of alkyl halides is 1. The van der Waals surface area contributed by atoms with Crippen LogP contribution in [0.2, 0.25) is 0 Å². The molecule has 2 saturated carbocycles. The van der Waals surface area contributed by atoms with E-state index in [-0.39, 0.29) is 36.6 Å². The Morgan fingerprint density at radius 2 is 1.98 bits per heavy atom. The fraction of sp³-hybridized carbons (Fsp3) is 0.571. The quantitative estimate of drug-likeness (QED) is 0.171. The maximum absolute atomic E-state index is 15.7. The Kier molecular flexibility index (Phi) is 7.20. The highest BCUT2D eigenvalue weighted by Crippen LogP contribution is 2.69. The number of nitrogens with two attached hydrogens (primary N) is 1. The first kappa shape index (κ1) is 29.6. The first-order valence-electron chi connectivity index (χ1n) is 13.0. The van der Waals surface area contributed by atoms with E-state index in [1.807, 2.05) is 0 Å². The van der Waals surface area contributed by atoms with Crippen molar-refractivity contribution in [2.24, 2.45) is 5.92 Å². The van der Waals surface area contributed by atoms with Crippen LogP contribution in [0, 0.1) is 5.92 Å². The first-order chi connectivity index (χ1) is 20.4. The zero-order valence-electron chi connectivity index (χ0n) is 21.7. The molecule has 3 aromatic rings. The van der Waals surface area contributed by atoms with Gasteiger partial charge in [0, 0.05) is 6.20 Å². The minimum Gasteiger partial charge on any atom is -0.381 e. The molecule has 5 N–H and O–H groups in total. The number of aromatic amines is 1. The number of nitrogens with zero attached hydrogens (tertiary/aromatic N) is 5. The molecule has 5 heterocycles. The molecule has 0 amide bonds. The monoisotopic (exact) mass is 678 g/mol. The van der Waals surface area contributed by atoms with Gasteiger partial charge in [0.2, 0.25) is 5.95 Å². The van der Waals surface area contributed by atoms with Crippen LogP contribution in [-0.2, 0) is 32.0 Å². The van der Waals surface area contributed by atoms with Crippen molar-refractivity contribution in [2.75, 3.05) is 17.7 Å². The smallest absolute Gasteiger partial charge is 0.381 e. The van der Waals surface area contributed by atoms with Crippen molar-refractivity contribution in [3.05, 3.63) is 35.3 Å². The predicted octanol–water partition coefficient (Wildman–Crippen LogP) is 1.62. The minimum absolute atomic E-state index is 0.00908. The van der Waals surface area contributed by atoms with Crippen LogP contribution < -0.4 is 16.6 Å². The lowest BCUT2D eigenvalue weighted by atomic mass is 10.0. The number of imidazole rings is 1. The Morgan fingerprint density at radius 1 is 1.19 bits per heavy atom. The highest BCUT2D eigenvalue weighted by Gasteiger charge is 2.80. The number of thiol groups is 2. The van der Waals surface area contributed by atoms with E-state index < -0.39 is 73.5 Å². The fourth-order valence-corrected chi connectivity index (χ4v) is 9.28. The number of hydrogen-bond acceptors (Lipinski definition) is 15. The van der Waals surface area contributed by atoms with Gasteiger partial charge in [0.05, 0.1) is 19.0 Å². The maximum atomic E-state index is 15.7. The first-order valence-corrected chi connectivity index (χ1v) is 18.4. The van der Waals surface area contributed by atoms with E-state index in [1.54, 1.807) is 6.07 Å². The second kappa shape index (κ2) is 10.5. The molecule has 22 heteroatoms. The molecule has 0 radical (unpaired) electrons. The second-order valence-corrected chi connectivity index (χ2v) is 16.3. The van der Waals surface area contributed by atoms with Crippen LogP contribution in [0.15, 0.2) is 29.7 Å². The van der Waals surface area contributed by atoms with Gasteiger partial charge in [-0.2, -0.15) is 4.98 Å². The average Bonchev–Trinajstić information content (AvgIpc) is 3.24. The van der Waals surface area contributed by atoms with Crippen molar-refractivity contribution < 1.29 is 41.5 Å². The van der Waals surface area contributed by atoms with Crippen molar-refractivity contribution in [3.63, 3.8) is 0 Å². The van der Waals surface area contributed by atoms with Crippen LogP contribution in [0.3, 0.4) is 0 Å². The molecule has 4 aliphatic rings. The fourth-order valence-electron chi connectivity index (χ4n) is 5.93. The van der Waals surface area contributed by atoms with Gasteiger partial charge >= 0.3 is 13.6 Å². The van der Waals surface area contributed by atoms with Crippen LogP contribution >= 0.6 is 38.1 Å². The van der Waals surface area contributed by atoms with Crippen molar-refractivity contribution in [1.29, 1.82) is 0 Å². The van der Waals surface area contributed by atoms with Crippen LogP contribution in [-0.4, -0.2) is 83.4 Å². The lowest BCUT2D eigenvalue weighted by Gasteiger charge is -2.29. The van der Waals surface area contributed by atoms with Gasteiger partial charge in [0.15, 0.2) is 23.0 Å². The van der Waals surface area contributed by atoms with Gasteiger partial charge in [0.1, 0.15) is 42.7 Å². The molecule has 0 spiro atoms. The minimum atomic E-state index is -4.34. The Hall–Kier alpha value is -2.12. The highest BCUT2D eigenvalue weighted by atomic mass is 32.7. The van der Waals surface area contributed by atoms with Gasteiger partial charge in [-0.25, -0.2) is 28.5 Å². The SMILES string of the molecule is Nc1nc2c(ncn2[C@@H]2O[C@@H]3[C@@H]4OP(=O)(S)O[C@@H]5[C@@H](CCOP(=O)(S)O[C@@H]2[C@]34O)C[C@@H](Nc2ccncn2)[C@H]5F)c(=O)[nH]1. The highest BCUT2D eigenvalue weighted by molar-refractivity contribution is 8.44. The number of H-pyrrole nitrogens is 1. The summed E-state index contributed by atoms with van der Waals surface area (Å²) < 4.78 is 72.4. The summed E-state index contributed by atoms with van der Waals surface area (Å²) in [5.41, 5.74) is 2.92. The molecule has 4 fully saturated rings. The van der Waals surface area contributed by atoms with Crippen molar-refractivity contribution >= 4 is 61.0 Å². The van der Waals surface area contributed by atoms with Gasteiger partial charge in [-0.05, 0) is 24.8 Å². The Balaban J connectivity index is 1.18. The summed E-state index contributed by atoms with van der Waals surface area (Å²) in [5.74, 6) is -0.413. The molecule has 2 aliphatic heterocycles. The molecule has 7 rings (SSSR count). The molecule has 0 bridgehead atoms. The topological polar surface area (TPSA) is 228 Å². The standard InChI is InChI=1S/C21H25FN8O9P2S2/c22-11-9(27-10-1-3-24-6-25-10)5-8-2-4-35-40(33,42)39-16-19(30-7-26-12-17(30)28-20(23)29-18(12)31)36-14-15(21(14,16)32)38-41(34,43)37-13(8)11/h1,3,6-9,11,13-16,19,32H,2,4-5H2,(H,33,42)(H,34,43)(H,24,25,27)(H3,23,28,29,31)/t8-,9+,11+,13+,14+,15-,16-,19+,21-,40?,41?/m0/s1. The molecule has 0 aromatic carbocycles. The summed E-state index contributed by atoms with van der Waals surface area (Å²) in [5, 5.41) is 14.6. The van der Waals surface area contributed by atoms with Crippen LogP contribution in [0.5, 0.6) is 0 Å². The lowest BCUT2D eigenvalue weighted by Crippen LogP contribution is -2.39. The van der Waals surface area contributed by atoms with Crippen LogP contribution in [0.4, 0.5) is 16.2 Å². The molecule has 232 valence electrons. The van der Waals surface area contributed by atoms with Gasteiger partial charge in [-0.15, -0.1) is 0 Å². The zero-order chi connectivity index (χ0) is 30.3. The third kappa shape index (κ3) is 5.20. The Bertz CT molecular complexity index is 1720. The molecule has 2 saturated heterocycles. The van der Waals surface area contributed by atoms with E-state index in [2.05, 4.69) is 54.7 Å². The van der Waals surface area contributed by atoms with E-state index in [9.17, 15) is 19.0 Å². The number of anilines is 2. The third-order valence-corrected chi connectivity index (χ3v) is 11.1. The van der Waals surface area contributed by atoms with Gasteiger partial charge < -0.3 is 25.4 Å². The second-order valence-electron chi connectivity index (χ2n) is 10.6. The van der Waals surface area contributed by atoms with E-state index >= 15 is 4.39 Å². The molecular weight excluding hydrogens is 653 g/mol. The maximum Gasteiger partial charge on any atom is 0.386 e. The largest absolute Gasteiger partial charge is 0.386 e. The molecule has 17 nitrogen and oxygen atoms in total. The molecule has 2 unspecified atom stereocenters. The summed E-state index contributed by atoms with van der Waals surface area (Å²) in [4.78, 5) is 30.6. The van der Waals surface area contributed by atoms with E-state index in [0.29, 0.717) is 5.82 Å². The number of aromatic nitrogens is 6. The average molecular weight is 679 g/mol. The van der Waals surface area contributed by atoms with Gasteiger partial charge in [0.25, 0.3) is 5.56 Å². The van der Waals surface area contributed by atoms with Crippen molar-refractivity contribution in [3.8, 4) is 0 Å². The summed E-state index contributed by atoms with van der Waals surface area (Å²) in [7, 11) is 0. The van der Waals surface area contributed by atoms with Crippen molar-refractivity contribution in [1.82, 2.24) is 29.5 Å². The summed E-state index contributed by atoms with van der Waals surface area (Å²) in [6.45, 7) is -8.79. The third-order valence-electron chi connectivity index (χ3n) is 7.93. The van der Waals surface area contributed by atoms with Crippen molar-refractivity contribution in [2.45, 2.75) is 61.3 Å². The number of hydrogen-bond donors (Lipinski definition) is 6. The van der Waals surface area contributed by atoms with Gasteiger partial charge in [-0.1, -0.05) is 24.5 Å². The predicted molar refractivity (Wildman–Crippen MR) is 152 cm³/mol. The lowest BCUT2D eigenvalue weighted by molar-refractivity contribution is -0.0820. The van der Waals surface area contributed by atoms with Gasteiger partial charge in [-0.3, -0.25) is 27.9 Å². The number of aliphatic hydroxyl groups is 1. The molecule has 3 aromatic heterocycles. The number of ether oxygens (including phenoxy) is 1. The molecule has 11 atom stereocenters. The number of rotatable bonds is 3. The summed E-state index contributed by atoms with van der Waals surface area (Å²) in [6, 6.07) is 0.779. The Labute approximate surface area is 251 Å². The normalized spacial score (nSPS) is 42.8. The molecule has 2 aliphatic carbocycles. The van der Waals surface area contributed by atoms with E-state index in [4.69, 9.17) is 28.6 Å². The van der Waals surface area contributed by atoms with Crippen LogP contribution in [0.1, 0.15) is 19.1 Å². The molecule has 43 heavy (non-hydrogen) atoms. The zero-order valence-corrected chi connectivity index (χ0v) is 25.3. The number of fused-ring (bicyclic) bond motifs is 3. The van der Waals surface area contributed by atoms with E-state index in [1.165, 1.54) is 23.4 Å². The van der Waals surface area contributed by atoms with E-state index in [0.717, 1.165) is 0 Å². The summed E-state index contributed by atoms with van der Waals surface area (Å²) in [6.07, 6.45) is -3.98. The number of halogens is 1. The number of nitrogen functional groups attached to an aromatic ring is 1. The number of nitrogens with one attached hydrogen (secondary N) is 2. The Morgan fingerprint density at radius 3 is 2.74 bits per heavy atom.